The van der Waals surface area contributed by atoms with E-state index >= 15 is 0 Å². The highest BCUT2D eigenvalue weighted by atomic mass is 35.5. The van der Waals surface area contributed by atoms with Gasteiger partial charge in [-0.2, -0.15) is 0 Å². The Bertz CT molecular complexity index is 1380. The van der Waals surface area contributed by atoms with Crippen LogP contribution < -0.4 is 10.5 Å². The number of aryl methyl sites for hydroxylation is 2. The van der Waals surface area contributed by atoms with Crippen LogP contribution in [0.15, 0.2) is 41.7 Å². The molecule has 0 saturated carbocycles. The van der Waals surface area contributed by atoms with Gasteiger partial charge < -0.3 is 10.2 Å². The first-order valence-corrected chi connectivity index (χ1v) is 12.8. The van der Waals surface area contributed by atoms with Crippen LogP contribution in [0.3, 0.4) is 0 Å². The number of likely N-dealkylation sites (tertiary alicyclic amines) is 1. The van der Waals surface area contributed by atoms with Crippen molar-refractivity contribution in [2.24, 2.45) is 5.14 Å². The number of nitrogens with two attached hydrogens (primary N) is 1. The Morgan fingerprint density at radius 3 is 2.40 bits per heavy atom. The van der Waals surface area contributed by atoms with Gasteiger partial charge >= 0.3 is 0 Å². The molecule has 3 heterocycles. The smallest absolute Gasteiger partial charge is 0.257 e. The summed E-state index contributed by atoms with van der Waals surface area (Å²) in [7, 11) is -4.24. The van der Waals surface area contributed by atoms with E-state index in [-0.39, 0.29) is 33.9 Å². The lowest BCUT2D eigenvalue weighted by atomic mass is 9.89. The Kier molecular flexibility index (Phi) is 7.02. The van der Waals surface area contributed by atoms with Crippen molar-refractivity contribution in [3.8, 4) is 0 Å². The molecule has 1 aliphatic heterocycles. The number of amides is 1. The standard InChI is InChI=1S/C23H24ClFN6O3S/c1-13-19(12-27-14(2)29-13)30-21-18(11-28-22(20(21)24)35(26,33)34)23(32)31-9-7-16(8-10-31)15-3-5-17(25)6-4-15/h3-6,11-12,16H,7-10H2,1-2H3,(H,28,30)(H2,26,33,34). The van der Waals surface area contributed by atoms with Gasteiger partial charge in [0.2, 0.25) is 0 Å². The minimum absolute atomic E-state index is 0.0619. The molecule has 3 N–H and O–H groups in total. The highest BCUT2D eigenvalue weighted by Crippen LogP contribution is 2.35. The first-order valence-electron chi connectivity index (χ1n) is 10.9. The summed E-state index contributed by atoms with van der Waals surface area (Å²) in [5, 5.41) is 7.45. The van der Waals surface area contributed by atoms with Crippen molar-refractivity contribution in [3.63, 3.8) is 0 Å². The summed E-state index contributed by atoms with van der Waals surface area (Å²) in [5.41, 5.74) is 2.22. The van der Waals surface area contributed by atoms with E-state index in [9.17, 15) is 17.6 Å². The maximum Gasteiger partial charge on any atom is 0.257 e. The van der Waals surface area contributed by atoms with Crippen molar-refractivity contribution in [2.45, 2.75) is 37.6 Å². The van der Waals surface area contributed by atoms with E-state index in [1.54, 1.807) is 30.9 Å². The molecular weight excluding hydrogens is 495 g/mol. The number of nitrogens with one attached hydrogen (secondary N) is 1. The van der Waals surface area contributed by atoms with E-state index in [2.05, 4.69) is 20.3 Å². The van der Waals surface area contributed by atoms with Crippen LogP contribution in [-0.2, 0) is 10.0 Å². The molecule has 3 aromatic rings. The molecule has 1 fully saturated rings. The quantitative estimate of drug-likeness (QED) is 0.526. The number of halogens is 2. The van der Waals surface area contributed by atoms with E-state index in [1.807, 2.05) is 0 Å². The normalized spacial score (nSPS) is 14.7. The molecule has 0 bridgehead atoms. The average Bonchev–Trinajstić information content (AvgIpc) is 2.81. The minimum Gasteiger partial charge on any atom is -0.351 e. The largest absolute Gasteiger partial charge is 0.351 e. The number of benzene rings is 1. The Morgan fingerprint density at radius 1 is 1.14 bits per heavy atom. The second-order valence-corrected chi connectivity index (χ2v) is 10.2. The van der Waals surface area contributed by atoms with Gasteiger partial charge in [-0.1, -0.05) is 23.7 Å². The van der Waals surface area contributed by atoms with Gasteiger partial charge in [0.1, 0.15) is 16.7 Å². The van der Waals surface area contributed by atoms with Crippen LogP contribution in [0.4, 0.5) is 15.8 Å². The molecule has 0 spiro atoms. The maximum absolute atomic E-state index is 13.5. The van der Waals surface area contributed by atoms with Crippen LogP contribution in [0.2, 0.25) is 5.02 Å². The lowest BCUT2D eigenvalue weighted by Gasteiger charge is -2.32. The van der Waals surface area contributed by atoms with Gasteiger partial charge in [0, 0.05) is 19.3 Å². The predicted molar refractivity (Wildman–Crippen MR) is 130 cm³/mol. The van der Waals surface area contributed by atoms with Crippen molar-refractivity contribution < 1.29 is 17.6 Å². The van der Waals surface area contributed by atoms with Gasteiger partial charge in [0.15, 0.2) is 5.03 Å². The van der Waals surface area contributed by atoms with E-state index in [0.29, 0.717) is 43.1 Å². The van der Waals surface area contributed by atoms with E-state index in [1.165, 1.54) is 18.3 Å². The van der Waals surface area contributed by atoms with Gasteiger partial charge in [-0.15, -0.1) is 0 Å². The Labute approximate surface area is 207 Å². The van der Waals surface area contributed by atoms with Crippen molar-refractivity contribution in [1.82, 2.24) is 19.9 Å². The van der Waals surface area contributed by atoms with Crippen LogP contribution in [0.5, 0.6) is 0 Å². The lowest BCUT2D eigenvalue weighted by molar-refractivity contribution is 0.0713. The number of rotatable bonds is 5. The monoisotopic (exact) mass is 518 g/mol. The average molecular weight is 519 g/mol. The number of aromatic nitrogens is 3. The van der Waals surface area contributed by atoms with Crippen molar-refractivity contribution in [1.29, 1.82) is 0 Å². The number of carbonyl (C=O) groups excluding carboxylic acids is 1. The molecule has 0 aliphatic carbocycles. The maximum atomic E-state index is 13.5. The highest BCUT2D eigenvalue weighted by molar-refractivity contribution is 7.89. The third-order valence-corrected chi connectivity index (χ3v) is 7.30. The summed E-state index contributed by atoms with van der Waals surface area (Å²) in [6.07, 6.45) is 4.07. The summed E-state index contributed by atoms with van der Waals surface area (Å²) in [6, 6.07) is 6.40. The summed E-state index contributed by atoms with van der Waals surface area (Å²) >= 11 is 6.40. The number of hydrogen-bond donors (Lipinski definition) is 2. The molecule has 12 heteroatoms. The highest BCUT2D eigenvalue weighted by Gasteiger charge is 2.29. The molecule has 1 aromatic carbocycles. The third-order valence-electron chi connectivity index (χ3n) is 5.97. The Balaban J connectivity index is 1.63. The Morgan fingerprint density at radius 2 is 1.80 bits per heavy atom. The fraction of sp³-hybridized carbons (Fsp3) is 0.304. The SMILES string of the molecule is Cc1ncc(Nc2c(C(=O)N3CCC(c4ccc(F)cc4)CC3)cnc(S(N)(=O)=O)c2Cl)c(C)n1. The van der Waals surface area contributed by atoms with E-state index < -0.39 is 15.0 Å². The minimum atomic E-state index is -4.24. The number of primary sulfonamides is 1. The zero-order chi connectivity index (χ0) is 25.3. The molecule has 4 rings (SSSR count). The third kappa shape index (κ3) is 5.42. The molecule has 2 aromatic heterocycles. The number of carbonyl (C=O) groups is 1. The second-order valence-electron chi connectivity index (χ2n) is 8.37. The number of anilines is 2. The number of piperidine rings is 1. The summed E-state index contributed by atoms with van der Waals surface area (Å²) in [4.78, 5) is 27.4. The van der Waals surface area contributed by atoms with Crippen molar-refractivity contribution >= 4 is 38.9 Å². The topological polar surface area (TPSA) is 131 Å². The molecule has 0 radical (unpaired) electrons. The van der Waals surface area contributed by atoms with Gasteiger partial charge in [-0.3, -0.25) is 4.79 Å². The first-order chi connectivity index (χ1) is 16.5. The van der Waals surface area contributed by atoms with Gasteiger partial charge in [0.05, 0.1) is 28.8 Å². The Hall–Kier alpha value is -3.15. The number of sulfonamides is 1. The zero-order valence-electron chi connectivity index (χ0n) is 19.1. The molecule has 0 atom stereocenters. The molecule has 0 unspecified atom stereocenters. The van der Waals surface area contributed by atoms with Crippen molar-refractivity contribution in [3.05, 3.63) is 70.1 Å². The molecule has 184 valence electrons. The fourth-order valence-electron chi connectivity index (χ4n) is 4.11. The number of hydrogen-bond acceptors (Lipinski definition) is 7. The van der Waals surface area contributed by atoms with E-state index in [0.717, 1.165) is 11.8 Å². The molecular formula is C23H24ClFN6O3S. The van der Waals surface area contributed by atoms with Crippen molar-refractivity contribution in [2.75, 3.05) is 18.4 Å². The van der Waals surface area contributed by atoms with Crippen LogP contribution in [-0.4, -0.2) is 47.3 Å². The van der Waals surface area contributed by atoms with Crippen LogP contribution >= 0.6 is 11.6 Å². The van der Waals surface area contributed by atoms with Crippen LogP contribution in [0, 0.1) is 19.7 Å². The molecule has 1 saturated heterocycles. The van der Waals surface area contributed by atoms with Crippen LogP contribution in [0.1, 0.15) is 46.2 Å². The predicted octanol–water partition coefficient (Wildman–Crippen LogP) is 3.69. The fourth-order valence-corrected chi connectivity index (χ4v) is 5.19. The van der Waals surface area contributed by atoms with E-state index in [4.69, 9.17) is 16.7 Å². The summed E-state index contributed by atoms with van der Waals surface area (Å²) in [6.45, 7) is 4.40. The number of nitrogens with zero attached hydrogens (tertiary/aromatic N) is 4. The van der Waals surface area contributed by atoms with Gasteiger partial charge in [-0.25, -0.2) is 32.9 Å². The number of pyridine rings is 1. The zero-order valence-corrected chi connectivity index (χ0v) is 20.7. The molecule has 1 amide bonds. The second kappa shape index (κ2) is 9.84. The molecule has 9 nitrogen and oxygen atoms in total. The molecule has 35 heavy (non-hydrogen) atoms. The summed E-state index contributed by atoms with van der Waals surface area (Å²) in [5.74, 6) is 0.115. The van der Waals surface area contributed by atoms with Crippen LogP contribution in [0.25, 0.3) is 0 Å². The lowest BCUT2D eigenvalue weighted by Crippen LogP contribution is -2.38. The first kappa shape index (κ1) is 25.0. The molecule has 1 aliphatic rings. The van der Waals surface area contributed by atoms with Gasteiger partial charge in [0.25, 0.3) is 15.9 Å². The summed E-state index contributed by atoms with van der Waals surface area (Å²) < 4.78 is 37.3. The van der Waals surface area contributed by atoms with Gasteiger partial charge in [-0.05, 0) is 50.3 Å².